The summed E-state index contributed by atoms with van der Waals surface area (Å²) in [6.45, 7) is -0.0545. The number of nitrogens with zero attached hydrogens (tertiary/aromatic N) is 2. The number of amides is 1. The number of carbonyl (C=O) groups excluding carboxylic acids is 1. The molecule has 1 aromatic carbocycles. The first-order valence-corrected chi connectivity index (χ1v) is 7.94. The fourth-order valence-electron chi connectivity index (χ4n) is 2.28. The maximum atomic E-state index is 13.6. The molecule has 1 N–H and O–H groups in total. The Morgan fingerprint density at radius 3 is 2.62 bits per heavy atom. The standard InChI is InChI=1S/C16H10Cl2F3N3O2/c17-12-4-3-9(6-13(12)18)24-14(16(19,20)21)11(8-23-24)15(25)22-7-10-2-1-5-26-10/h1-6,8H,7H2,(H,22,25). The highest BCUT2D eigenvalue weighted by molar-refractivity contribution is 6.42. The normalized spacial score (nSPS) is 11.6. The molecular formula is C16H10Cl2F3N3O2. The number of halogens is 5. The van der Waals surface area contributed by atoms with Crippen molar-refractivity contribution in [2.75, 3.05) is 0 Å². The number of aromatic nitrogens is 2. The van der Waals surface area contributed by atoms with Gasteiger partial charge in [-0.15, -0.1) is 0 Å². The zero-order valence-electron chi connectivity index (χ0n) is 12.8. The van der Waals surface area contributed by atoms with Crippen LogP contribution in [0.2, 0.25) is 10.0 Å². The minimum atomic E-state index is -4.82. The zero-order chi connectivity index (χ0) is 18.9. The quantitative estimate of drug-likeness (QED) is 0.685. The van der Waals surface area contributed by atoms with Crippen molar-refractivity contribution in [2.24, 2.45) is 0 Å². The lowest BCUT2D eigenvalue weighted by Crippen LogP contribution is -2.26. The van der Waals surface area contributed by atoms with Crippen LogP contribution in [0.5, 0.6) is 0 Å². The van der Waals surface area contributed by atoms with E-state index >= 15 is 0 Å². The largest absolute Gasteiger partial charge is 0.467 e. The van der Waals surface area contributed by atoms with E-state index in [9.17, 15) is 18.0 Å². The third kappa shape index (κ3) is 3.71. The summed E-state index contributed by atoms with van der Waals surface area (Å²) in [6.07, 6.45) is -2.58. The van der Waals surface area contributed by atoms with Crippen LogP contribution in [0.4, 0.5) is 13.2 Å². The van der Waals surface area contributed by atoms with Crippen molar-refractivity contribution < 1.29 is 22.4 Å². The molecule has 136 valence electrons. The van der Waals surface area contributed by atoms with Gasteiger partial charge >= 0.3 is 6.18 Å². The molecule has 26 heavy (non-hydrogen) atoms. The smallest absolute Gasteiger partial charge is 0.434 e. The highest BCUT2D eigenvalue weighted by Gasteiger charge is 2.40. The number of benzene rings is 1. The van der Waals surface area contributed by atoms with E-state index in [1.165, 1.54) is 24.5 Å². The molecule has 0 aliphatic heterocycles. The van der Waals surface area contributed by atoms with Gasteiger partial charge in [0, 0.05) is 0 Å². The molecule has 2 aromatic heterocycles. The number of nitrogens with one attached hydrogen (secondary N) is 1. The van der Waals surface area contributed by atoms with Gasteiger partial charge in [0.05, 0.1) is 40.3 Å². The fraction of sp³-hybridized carbons (Fsp3) is 0.125. The molecule has 0 saturated carbocycles. The van der Waals surface area contributed by atoms with Crippen LogP contribution >= 0.6 is 23.2 Å². The molecule has 0 fully saturated rings. The lowest BCUT2D eigenvalue weighted by atomic mass is 10.2. The average molecular weight is 404 g/mol. The van der Waals surface area contributed by atoms with Crippen LogP contribution in [-0.4, -0.2) is 15.7 Å². The Morgan fingerprint density at radius 2 is 2.00 bits per heavy atom. The molecular weight excluding hydrogens is 394 g/mol. The van der Waals surface area contributed by atoms with Gasteiger partial charge < -0.3 is 9.73 Å². The third-order valence-electron chi connectivity index (χ3n) is 3.43. The third-order valence-corrected chi connectivity index (χ3v) is 4.17. The summed E-state index contributed by atoms with van der Waals surface area (Å²) in [5.74, 6) is -0.524. The number of rotatable bonds is 4. The van der Waals surface area contributed by atoms with Gasteiger partial charge in [0.1, 0.15) is 5.76 Å². The monoisotopic (exact) mass is 403 g/mol. The average Bonchev–Trinajstić information content (AvgIpc) is 3.23. The van der Waals surface area contributed by atoms with Gasteiger partial charge in [-0.1, -0.05) is 23.2 Å². The molecule has 1 amide bonds. The van der Waals surface area contributed by atoms with E-state index in [1.54, 1.807) is 12.1 Å². The molecule has 3 rings (SSSR count). The summed E-state index contributed by atoms with van der Waals surface area (Å²) in [6, 6.07) is 7.09. The van der Waals surface area contributed by atoms with Gasteiger partial charge in [-0.3, -0.25) is 4.79 Å². The van der Waals surface area contributed by atoms with Crippen LogP contribution in [0.25, 0.3) is 5.69 Å². The maximum Gasteiger partial charge on any atom is 0.434 e. The van der Waals surface area contributed by atoms with E-state index in [0.29, 0.717) is 10.4 Å². The lowest BCUT2D eigenvalue weighted by Gasteiger charge is -2.13. The Morgan fingerprint density at radius 1 is 1.23 bits per heavy atom. The first kappa shape index (κ1) is 18.3. The summed E-state index contributed by atoms with van der Waals surface area (Å²) >= 11 is 11.6. The van der Waals surface area contributed by atoms with Gasteiger partial charge in [-0.25, -0.2) is 4.68 Å². The second-order valence-corrected chi connectivity index (χ2v) is 5.99. The van der Waals surface area contributed by atoms with E-state index in [0.717, 1.165) is 6.20 Å². The van der Waals surface area contributed by atoms with E-state index in [-0.39, 0.29) is 22.3 Å². The van der Waals surface area contributed by atoms with Crippen LogP contribution in [-0.2, 0) is 12.7 Å². The van der Waals surface area contributed by atoms with Gasteiger partial charge in [0.15, 0.2) is 5.69 Å². The molecule has 0 bridgehead atoms. The number of hydrogen-bond acceptors (Lipinski definition) is 3. The Kier molecular flexibility index (Phi) is 4.97. The predicted molar refractivity (Wildman–Crippen MR) is 88.5 cm³/mol. The SMILES string of the molecule is O=C(NCc1ccco1)c1cnn(-c2ccc(Cl)c(Cl)c2)c1C(F)(F)F. The van der Waals surface area contributed by atoms with Crippen molar-refractivity contribution in [3.8, 4) is 5.69 Å². The maximum absolute atomic E-state index is 13.6. The summed E-state index contributed by atoms with van der Waals surface area (Å²) in [7, 11) is 0. The first-order valence-electron chi connectivity index (χ1n) is 7.18. The van der Waals surface area contributed by atoms with E-state index < -0.39 is 23.3 Å². The van der Waals surface area contributed by atoms with Gasteiger partial charge in [0.2, 0.25) is 0 Å². The fourth-order valence-corrected chi connectivity index (χ4v) is 2.57. The Labute approximate surface area is 155 Å². The molecule has 3 aromatic rings. The van der Waals surface area contributed by atoms with Crippen LogP contribution in [0.3, 0.4) is 0 Å². The van der Waals surface area contributed by atoms with E-state index in [1.807, 2.05) is 0 Å². The van der Waals surface area contributed by atoms with Crippen molar-refractivity contribution in [1.82, 2.24) is 15.1 Å². The Hall–Kier alpha value is -2.45. The molecule has 10 heteroatoms. The van der Waals surface area contributed by atoms with E-state index in [4.69, 9.17) is 27.6 Å². The van der Waals surface area contributed by atoms with Crippen molar-refractivity contribution in [3.05, 3.63) is 69.9 Å². The topological polar surface area (TPSA) is 60.1 Å². The molecule has 0 spiro atoms. The van der Waals surface area contributed by atoms with E-state index in [2.05, 4.69) is 10.4 Å². The van der Waals surface area contributed by atoms with Gasteiger partial charge in [-0.2, -0.15) is 18.3 Å². The molecule has 2 heterocycles. The number of furan rings is 1. The molecule has 0 unspecified atom stereocenters. The molecule has 0 radical (unpaired) electrons. The summed E-state index contributed by atoms with van der Waals surface area (Å²) in [4.78, 5) is 12.2. The minimum absolute atomic E-state index is 0.0248. The highest BCUT2D eigenvalue weighted by atomic mass is 35.5. The van der Waals surface area contributed by atoms with Crippen LogP contribution < -0.4 is 5.32 Å². The van der Waals surface area contributed by atoms with Crippen LogP contribution in [0, 0.1) is 0 Å². The molecule has 5 nitrogen and oxygen atoms in total. The van der Waals surface area contributed by atoms with Gasteiger partial charge in [-0.05, 0) is 30.3 Å². The Balaban J connectivity index is 1.97. The summed E-state index contributed by atoms with van der Waals surface area (Å²) < 4.78 is 46.3. The molecule has 0 saturated heterocycles. The highest BCUT2D eigenvalue weighted by Crippen LogP contribution is 2.34. The summed E-state index contributed by atoms with van der Waals surface area (Å²) in [5.41, 5.74) is -1.81. The predicted octanol–water partition coefficient (Wildman–Crippen LogP) is 4.72. The van der Waals surface area contributed by atoms with Crippen molar-refractivity contribution in [2.45, 2.75) is 12.7 Å². The van der Waals surface area contributed by atoms with Crippen LogP contribution in [0.1, 0.15) is 21.8 Å². The molecule has 0 aliphatic rings. The van der Waals surface area contributed by atoms with Crippen molar-refractivity contribution in [3.63, 3.8) is 0 Å². The first-order chi connectivity index (χ1) is 12.3. The zero-order valence-corrected chi connectivity index (χ0v) is 14.4. The van der Waals surface area contributed by atoms with Crippen molar-refractivity contribution >= 4 is 29.1 Å². The number of carbonyl (C=O) groups is 1. The lowest BCUT2D eigenvalue weighted by molar-refractivity contribution is -0.143. The second-order valence-electron chi connectivity index (χ2n) is 5.18. The minimum Gasteiger partial charge on any atom is -0.467 e. The van der Waals surface area contributed by atoms with Crippen molar-refractivity contribution in [1.29, 1.82) is 0 Å². The number of hydrogen-bond donors (Lipinski definition) is 1. The van der Waals surface area contributed by atoms with Crippen LogP contribution in [0.15, 0.2) is 47.2 Å². The Bertz CT molecular complexity index is 937. The number of alkyl halides is 3. The van der Waals surface area contributed by atoms with Gasteiger partial charge in [0.25, 0.3) is 5.91 Å². The second kappa shape index (κ2) is 7.05. The summed E-state index contributed by atoms with van der Waals surface area (Å²) in [5, 5.41) is 6.32. The molecule has 0 atom stereocenters. The molecule has 0 aliphatic carbocycles.